The Kier molecular flexibility index (Phi) is 8.14. The number of anilines is 1. The lowest BCUT2D eigenvalue weighted by Crippen LogP contribution is -2.40. The summed E-state index contributed by atoms with van der Waals surface area (Å²) >= 11 is 2.45. The molecular weight excluding hydrogens is 406 g/mol. The number of sulfonamides is 1. The van der Waals surface area contributed by atoms with Crippen LogP contribution in [0.15, 0.2) is 21.2 Å². The highest BCUT2D eigenvalue weighted by atomic mass is 32.2. The third-order valence-electron chi connectivity index (χ3n) is 3.70. The van der Waals surface area contributed by atoms with Crippen molar-refractivity contribution in [1.82, 2.24) is 19.8 Å². The van der Waals surface area contributed by atoms with Crippen LogP contribution >= 0.6 is 22.7 Å². The Morgan fingerprint density at radius 2 is 2.00 bits per heavy atom. The van der Waals surface area contributed by atoms with E-state index < -0.39 is 10.0 Å². The van der Waals surface area contributed by atoms with Crippen molar-refractivity contribution in [1.29, 1.82) is 0 Å². The van der Waals surface area contributed by atoms with Crippen LogP contribution in [0.4, 0.5) is 9.93 Å². The van der Waals surface area contributed by atoms with Gasteiger partial charge in [-0.3, -0.25) is 4.90 Å². The molecule has 0 saturated carbocycles. The zero-order valence-electron chi connectivity index (χ0n) is 15.7. The lowest BCUT2D eigenvalue weighted by molar-refractivity contribution is 0.246. The molecule has 0 aliphatic rings. The van der Waals surface area contributed by atoms with Crippen molar-refractivity contribution in [3.05, 3.63) is 22.4 Å². The monoisotopic (exact) mass is 431 g/mol. The number of hydrogen-bond acceptors (Lipinski definition) is 7. The molecule has 0 atom stereocenters. The van der Waals surface area contributed by atoms with Gasteiger partial charge in [0.1, 0.15) is 0 Å². The third kappa shape index (κ3) is 5.47. The number of hydrogen-bond donors (Lipinski definition) is 1. The second kappa shape index (κ2) is 10.1. The van der Waals surface area contributed by atoms with Crippen molar-refractivity contribution in [3.63, 3.8) is 0 Å². The molecule has 8 nitrogen and oxygen atoms in total. The lowest BCUT2D eigenvalue weighted by atomic mass is 10.3. The van der Waals surface area contributed by atoms with Crippen molar-refractivity contribution < 1.29 is 13.2 Å². The van der Waals surface area contributed by atoms with Gasteiger partial charge in [-0.1, -0.05) is 32.1 Å². The second-order valence-corrected chi connectivity index (χ2v) is 9.64. The van der Waals surface area contributed by atoms with Crippen molar-refractivity contribution >= 4 is 43.9 Å². The molecule has 2 amide bonds. The van der Waals surface area contributed by atoms with E-state index in [1.165, 1.54) is 20.5 Å². The van der Waals surface area contributed by atoms with Gasteiger partial charge in [0, 0.05) is 26.2 Å². The molecule has 0 spiro atoms. The molecular formula is C16H25N5O3S3. The molecule has 2 heterocycles. The van der Waals surface area contributed by atoms with Crippen LogP contribution in [0.5, 0.6) is 0 Å². The van der Waals surface area contributed by atoms with Crippen molar-refractivity contribution in [2.24, 2.45) is 0 Å². The van der Waals surface area contributed by atoms with Gasteiger partial charge in [-0.2, -0.15) is 15.6 Å². The van der Waals surface area contributed by atoms with E-state index in [-0.39, 0.29) is 22.0 Å². The zero-order valence-corrected chi connectivity index (χ0v) is 18.2. The van der Waals surface area contributed by atoms with Gasteiger partial charge in [-0.05, 0) is 35.2 Å². The van der Waals surface area contributed by atoms with Gasteiger partial charge in [0.05, 0.1) is 0 Å². The van der Waals surface area contributed by atoms with E-state index in [9.17, 15) is 13.2 Å². The van der Waals surface area contributed by atoms with Crippen LogP contribution in [0.1, 0.15) is 39.2 Å². The van der Waals surface area contributed by atoms with Crippen molar-refractivity contribution in [2.45, 2.75) is 44.5 Å². The van der Waals surface area contributed by atoms with Crippen LogP contribution in [0.2, 0.25) is 0 Å². The summed E-state index contributed by atoms with van der Waals surface area (Å²) in [5.41, 5.74) is 0.932. The normalized spacial score (nSPS) is 11.7. The minimum absolute atomic E-state index is 0.0982. The molecule has 0 aliphatic heterocycles. The van der Waals surface area contributed by atoms with Gasteiger partial charge < -0.3 is 5.32 Å². The van der Waals surface area contributed by atoms with Crippen molar-refractivity contribution in [3.8, 4) is 0 Å². The van der Waals surface area contributed by atoms with Gasteiger partial charge in [0.15, 0.2) is 0 Å². The first-order valence-electron chi connectivity index (χ1n) is 8.84. The number of nitrogens with one attached hydrogen (secondary N) is 1. The average Bonchev–Trinajstić information content (AvgIpc) is 3.34. The van der Waals surface area contributed by atoms with Crippen LogP contribution in [-0.4, -0.2) is 48.6 Å². The first-order valence-corrected chi connectivity index (χ1v) is 12.0. The molecule has 0 saturated heterocycles. The molecule has 0 unspecified atom stereocenters. The molecule has 150 valence electrons. The molecule has 27 heavy (non-hydrogen) atoms. The number of carbonyl (C=O) groups is 1. The summed E-state index contributed by atoms with van der Waals surface area (Å²) in [5.74, 6) is 0. The molecule has 11 heteroatoms. The summed E-state index contributed by atoms with van der Waals surface area (Å²) in [6, 6.07) is 1.61. The number of urea groups is 1. The zero-order chi connectivity index (χ0) is 19.9. The molecule has 2 aromatic heterocycles. The van der Waals surface area contributed by atoms with E-state index in [1.807, 2.05) is 30.7 Å². The maximum absolute atomic E-state index is 12.9. The number of thiophene rings is 1. The molecule has 0 radical (unpaired) electrons. The molecule has 0 fully saturated rings. The summed E-state index contributed by atoms with van der Waals surface area (Å²) in [4.78, 5) is 13.8. The van der Waals surface area contributed by atoms with Gasteiger partial charge in [-0.25, -0.2) is 13.2 Å². The average molecular weight is 432 g/mol. The van der Waals surface area contributed by atoms with E-state index in [0.29, 0.717) is 19.6 Å². The molecule has 2 rings (SSSR count). The van der Waals surface area contributed by atoms with E-state index in [1.54, 1.807) is 6.92 Å². The topological polar surface area (TPSA) is 95.5 Å². The van der Waals surface area contributed by atoms with E-state index in [2.05, 4.69) is 15.5 Å². The Labute approximate surface area is 168 Å². The maximum atomic E-state index is 12.9. The van der Waals surface area contributed by atoms with Crippen LogP contribution in [0.25, 0.3) is 0 Å². The first kappa shape index (κ1) is 21.7. The van der Waals surface area contributed by atoms with Gasteiger partial charge in [0.25, 0.3) is 10.0 Å². The minimum Gasteiger partial charge on any atom is -0.338 e. The highest BCUT2D eigenvalue weighted by Gasteiger charge is 2.29. The first-order chi connectivity index (χ1) is 12.9. The second-order valence-electron chi connectivity index (χ2n) is 5.80. The maximum Gasteiger partial charge on any atom is 0.323 e. The van der Waals surface area contributed by atoms with Crippen LogP contribution in [-0.2, 0) is 16.6 Å². The van der Waals surface area contributed by atoms with Crippen molar-refractivity contribution in [2.75, 3.05) is 24.5 Å². The fourth-order valence-electron chi connectivity index (χ4n) is 2.31. The smallest absolute Gasteiger partial charge is 0.323 e. The Morgan fingerprint density at radius 3 is 2.59 bits per heavy atom. The minimum atomic E-state index is -3.77. The van der Waals surface area contributed by atoms with E-state index in [0.717, 1.165) is 29.7 Å². The lowest BCUT2D eigenvalue weighted by Gasteiger charge is -2.19. The SMILES string of the molecule is CCCNC(=O)N(CCC)c1nnc(S(=O)(=O)N(CC)Cc2ccsc2)s1. The molecule has 1 N–H and O–H groups in total. The summed E-state index contributed by atoms with van der Waals surface area (Å²) < 4.78 is 27.2. The Hall–Kier alpha value is -1.56. The molecule has 0 bridgehead atoms. The summed E-state index contributed by atoms with van der Waals surface area (Å²) in [6.07, 6.45) is 1.54. The quantitative estimate of drug-likeness (QED) is 0.583. The summed E-state index contributed by atoms with van der Waals surface area (Å²) in [6.45, 7) is 7.29. The number of aromatic nitrogens is 2. The van der Waals surface area contributed by atoms with E-state index in [4.69, 9.17) is 0 Å². The fourth-order valence-corrected chi connectivity index (χ4v) is 5.56. The number of amides is 2. The molecule has 2 aromatic rings. The number of nitrogens with zero attached hydrogens (tertiary/aromatic N) is 4. The fraction of sp³-hybridized carbons (Fsp3) is 0.562. The van der Waals surface area contributed by atoms with Gasteiger partial charge in [-0.15, -0.1) is 10.2 Å². The summed E-state index contributed by atoms with van der Waals surface area (Å²) in [7, 11) is -3.77. The number of carbonyl (C=O) groups excluding carboxylic acids is 1. The highest BCUT2D eigenvalue weighted by molar-refractivity contribution is 7.91. The molecule has 0 aliphatic carbocycles. The van der Waals surface area contributed by atoms with Gasteiger partial charge >= 0.3 is 6.03 Å². The Bertz CT molecular complexity index is 820. The predicted molar refractivity (Wildman–Crippen MR) is 109 cm³/mol. The Morgan fingerprint density at radius 1 is 1.22 bits per heavy atom. The van der Waals surface area contributed by atoms with Crippen LogP contribution in [0, 0.1) is 0 Å². The Balaban J connectivity index is 2.23. The predicted octanol–water partition coefficient (Wildman–Crippen LogP) is 3.15. The van der Waals surface area contributed by atoms with E-state index >= 15 is 0 Å². The highest BCUT2D eigenvalue weighted by Crippen LogP contribution is 2.27. The van der Waals surface area contributed by atoms with Crippen LogP contribution < -0.4 is 10.2 Å². The number of rotatable bonds is 10. The van der Waals surface area contributed by atoms with Crippen LogP contribution in [0.3, 0.4) is 0 Å². The largest absolute Gasteiger partial charge is 0.338 e. The molecule has 0 aromatic carbocycles. The summed E-state index contributed by atoms with van der Waals surface area (Å²) in [5, 5.41) is 14.8. The third-order valence-corrected chi connectivity index (χ3v) is 7.64. The van der Waals surface area contributed by atoms with Gasteiger partial charge in [0.2, 0.25) is 9.47 Å². The standard InChI is InChI=1S/C16H25N5O3S3/c1-4-8-17-14(22)21(9-5-2)15-18-19-16(26-15)27(23,24)20(6-3)11-13-7-10-25-12-13/h7,10,12H,4-6,8-9,11H2,1-3H3,(H,17,22).